The van der Waals surface area contributed by atoms with E-state index in [1.54, 1.807) is 13.2 Å². The Labute approximate surface area is 183 Å². The molecule has 29 heavy (non-hydrogen) atoms. The van der Waals surface area contributed by atoms with Crippen LogP contribution in [0.25, 0.3) is 0 Å². The summed E-state index contributed by atoms with van der Waals surface area (Å²) in [7, 11) is 0. The average Bonchev–Trinajstić information content (AvgIpc) is 2.75. The number of ether oxygens (including phenoxy) is 2. The number of rotatable bonds is 11. The van der Waals surface area contributed by atoms with E-state index in [0.717, 1.165) is 13.0 Å². The van der Waals surface area contributed by atoms with Crippen molar-refractivity contribution in [2.75, 3.05) is 26.0 Å². The first-order valence-corrected chi connectivity index (χ1v) is 11.3. The molecule has 0 bridgehead atoms. The van der Waals surface area contributed by atoms with Gasteiger partial charge in [-0.15, -0.1) is 0 Å². The lowest BCUT2D eigenvalue weighted by Crippen LogP contribution is -2.43. The fraction of sp³-hybridized carbons (Fsp3) is 0.652. The summed E-state index contributed by atoms with van der Waals surface area (Å²) in [6, 6.07) is 11.4. The average molecular weight is 428 g/mol. The Morgan fingerprint density at radius 3 is 2.07 bits per heavy atom. The minimum Gasteiger partial charge on any atom is -0.468 e. The van der Waals surface area contributed by atoms with E-state index in [2.05, 4.69) is 80.3 Å². The number of carbonyl (C=O) groups is 2. The zero-order valence-corrected chi connectivity index (χ0v) is 20.2. The van der Waals surface area contributed by atoms with E-state index in [0.29, 0.717) is 44.1 Å². The molecule has 0 fully saturated rings. The molecular weight excluding hydrogens is 386 g/mol. The number of hydrogen-bond donors (Lipinski definition) is 1. The van der Waals surface area contributed by atoms with Crippen molar-refractivity contribution in [3.63, 3.8) is 0 Å². The van der Waals surface area contributed by atoms with E-state index in [9.17, 15) is 9.59 Å². The van der Waals surface area contributed by atoms with Crippen LogP contribution in [0, 0.1) is 0 Å². The minimum absolute atomic E-state index is 0.0887. The topological polar surface area (TPSA) is 55.8 Å². The molecular formula is C23H41NO4S. The number of benzene rings is 1. The molecule has 0 spiro atoms. The zero-order chi connectivity index (χ0) is 22.7. The highest BCUT2D eigenvalue weighted by Crippen LogP contribution is 2.25. The van der Waals surface area contributed by atoms with Gasteiger partial charge in [0.15, 0.2) is 0 Å². The molecule has 1 aromatic rings. The van der Waals surface area contributed by atoms with Crippen LogP contribution in [0.5, 0.6) is 0 Å². The second kappa shape index (κ2) is 19.8. The van der Waals surface area contributed by atoms with Crippen molar-refractivity contribution in [3.8, 4) is 0 Å². The van der Waals surface area contributed by atoms with Crippen molar-refractivity contribution in [2.45, 2.75) is 72.4 Å². The van der Waals surface area contributed by atoms with E-state index < -0.39 is 0 Å². The number of esters is 1. The van der Waals surface area contributed by atoms with Gasteiger partial charge in [-0.05, 0) is 58.4 Å². The molecule has 3 atom stereocenters. The summed E-state index contributed by atoms with van der Waals surface area (Å²) < 4.78 is 9.18. The van der Waals surface area contributed by atoms with Crippen LogP contribution in [-0.4, -0.2) is 55.4 Å². The van der Waals surface area contributed by atoms with Gasteiger partial charge in [0.25, 0.3) is 6.47 Å². The number of thiol groups is 1. The lowest BCUT2D eigenvalue weighted by molar-refractivity contribution is -0.143. The van der Waals surface area contributed by atoms with Gasteiger partial charge < -0.3 is 9.47 Å². The predicted molar refractivity (Wildman–Crippen MR) is 125 cm³/mol. The largest absolute Gasteiger partial charge is 0.468 e. The molecule has 2 unspecified atom stereocenters. The molecule has 0 amide bonds. The number of hydrogen-bond acceptors (Lipinski definition) is 6. The standard InChI is InChI=1S/C19H31NO2.C3H6O2.CH4S/c1-6-20(15(3)13-14-19(21)22-7-2)17(5)16(4)18-11-9-8-10-12-18;1-2-5-3-4;1-2/h8-12,15-17H,6-7,13-14H2,1-5H3;3H,2H2,1H3;2H,1H3/t15?,16-,17?;;/m1../s1. The molecule has 0 N–H and O–H groups in total. The fourth-order valence-electron chi connectivity index (χ4n) is 3.12. The van der Waals surface area contributed by atoms with Gasteiger partial charge >= 0.3 is 5.97 Å². The third-order valence-corrected chi connectivity index (χ3v) is 4.81. The second-order valence-corrected chi connectivity index (χ2v) is 6.51. The third kappa shape index (κ3) is 13.3. The van der Waals surface area contributed by atoms with Crippen LogP contribution in [-0.2, 0) is 19.1 Å². The lowest BCUT2D eigenvalue weighted by Gasteiger charge is -2.37. The van der Waals surface area contributed by atoms with Crippen LogP contribution < -0.4 is 0 Å². The normalized spacial score (nSPS) is 13.0. The Morgan fingerprint density at radius 2 is 1.66 bits per heavy atom. The Hall–Kier alpha value is -1.53. The first-order valence-electron chi connectivity index (χ1n) is 10.4. The summed E-state index contributed by atoms with van der Waals surface area (Å²) in [5.74, 6) is 0.375. The summed E-state index contributed by atoms with van der Waals surface area (Å²) >= 11 is 3.53. The van der Waals surface area contributed by atoms with Crippen molar-refractivity contribution in [2.24, 2.45) is 0 Å². The second-order valence-electron chi connectivity index (χ2n) is 6.51. The maximum atomic E-state index is 11.5. The molecule has 0 aliphatic heterocycles. The third-order valence-electron chi connectivity index (χ3n) is 4.81. The van der Waals surface area contributed by atoms with E-state index in [1.807, 2.05) is 6.92 Å². The molecule has 5 nitrogen and oxygen atoms in total. The van der Waals surface area contributed by atoms with Gasteiger partial charge in [-0.3, -0.25) is 14.5 Å². The molecule has 0 saturated heterocycles. The molecule has 0 aliphatic rings. The van der Waals surface area contributed by atoms with Crippen LogP contribution in [0.3, 0.4) is 0 Å². The number of carbonyl (C=O) groups excluding carboxylic acids is 2. The highest BCUT2D eigenvalue weighted by atomic mass is 32.1. The maximum absolute atomic E-state index is 11.5. The molecule has 0 aromatic heterocycles. The molecule has 0 saturated carbocycles. The highest BCUT2D eigenvalue weighted by Gasteiger charge is 2.24. The van der Waals surface area contributed by atoms with Crippen molar-refractivity contribution in [3.05, 3.63) is 35.9 Å². The van der Waals surface area contributed by atoms with Crippen molar-refractivity contribution in [1.82, 2.24) is 4.90 Å². The number of nitrogens with zero attached hydrogens (tertiary/aromatic N) is 1. The summed E-state index contributed by atoms with van der Waals surface area (Å²) in [6.07, 6.45) is 3.04. The van der Waals surface area contributed by atoms with E-state index in [1.165, 1.54) is 5.56 Å². The minimum atomic E-state index is -0.0887. The van der Waals surface area contributed by atoms with E-state index >= 15 is 0 Å². The van der Waals surface area contributed by atoms with Gasteiger partial charge in [-0.2, -0.15) is 12.6 Å². The lowest BCUT2D eigenvalue weighted by atomic mass is 9.92. The Balaban J connectivity index is 0. The van der Waals surface area contributed by atoms with E-state index in [4.69, 9.17) is 4.74 Å². The molecule has 168 valence electrons. The molecule has 6 heteroatoms. The van der Waals surface area contributed by atoms with Gasteiger partial charge in [0.1, 0.15) is 0 Å². The molecule has 0 radical (unpaired) electrons. The smallest absolute Gasteiger partial charge is 0.305 e. The van der Waals surface area contributed by atoms with Gasteiger partial charge in [0.05, 0.1) is 13.2 Å². The summed E-state index contributed by atoms with van der Waals surface area (Å²) in [5, 5.41) is 0. The zero-order valence-electron chi connectivity index (χ0n) is 19.3. The van der Waals surface area contributed by atoms with Crippen LogP contribution in [0.15, 0.2) is 30.3 Å². The maximum Gasteiger partial charge on any atom is 0.305 e. The van der Waals surface area contributed by atoms with Crippen LogP contribution >= 0.6 is 12.6 Å². The summed E-state index contributed by atoms with van der Waals surface area (Å²) in [6.45, 7) is 14.9. The van der Waals surface area contributed by atoms with Crippen molar-refractivity contribution >= 4 is 25.1 Å². The van der Waals surface area contributed by atoms with Crippen LogP contribution in [0.4, 0.5) is 0 Å². The summed E-state index contributed by atoms with van der Waals surface area (Å²) in [4.78, 5) is 23.2. The van der Waals surface area contributed by atoms with Crippen LogP contribution in [0.2, 0.25) is 0 Å². The first-order chi connectivity index (χ1) is 13.9. The van der Waals surface area contributed by atoms with Crippen molar-refractivity contribution in [1.29, 1.82) is 0 Å². The van der Waals surface area contributed by atoms with E-state index in [-0.39, 0.29) is 5.97 Å². The van der Waals surface area contributed by atoms with Gasteiger partial charge in [0, 0.05) is 18.5 Å². The Kier molecular flexibility index (Phi) is 20.2. The fourth-order valence-corrected chi connectivity index (χ4v) is 3.12. The van der Waals surface area contributed by atoms with Crippen molar-refractivity contribution < 1.29 is 19.1 Å². The van der Waals surface area contributed by atoms with Gasteiger partial charge in [-0.25, -0.2) is 0 Å². The Morgan fingerprint density at radius 1 is 1.07 bits per heavy atom. The summed E-state index contributed by atoms with van der Waals surface area (Å²) in [5.41, 5.74) is 1.37. The molecule has 0 heterocycles. The van der Waals surface area contributed by atoms with Gasteiger partial charge in [0.2, 0.25) is 0 Å². The Bertz CT molecular complexity index is 513. The quantitative estimate of drug-likeness (QED) is 0.307. The number of likely N-dealkylation sites (N-methyl/N-ethyl adjacent to an activating group) is 1. The monoisotopic (exact) mass is 427 g/mol. The first kappa shape index (κ1) is 29.7. The SMILES string of the molecule is CCOC(=O)CCC(C)N(CC)C(C)[C@@H](C)c1ccccc1.CCOC=O.CS. The highest BCUT2D eigenvalue weighted by molar-refractivity contribution is 7.79. The van der Waals surface area contributed by atoms with Gasteiger partial charge in [-0.1, -0.05) is 44.2 Å². The molecule has 1 rings (SSSR count). The molecule has 0 aliphatic carbocycles. The molecule has 1 aromatic carbocycles. The van der Waals surface area contributed by atoms with Crippen LogP contribution in [0.1, 0.15) is 65.9 Å². The predicted octanol–water partition coefficient (Wildman–Crippen LogP) is 4.96.